The molecule has 5 N–H and O–H groups in total. The SMILES string of the molecule is COc1cc(O[C@@H]2O[C@H](COC(=O)C(C)C(=O)O)[C@@H](O)[C@H](O)[C@H]2O)c2c(c1)C(=O)c1cc(C)cc(O)c1C2=O. The van der Waals surface area contributed by atoms with Gasteiger partial charge in [0.2, 0.25) is 12.1 Å². The Balaban J connectivity index is 1.67. The third-order valence-corrected chi connectivity index (χ3v) is 6.54. The summed E-state index contributed by atoms with van der Waals surface area (Å²) in [6, 6.07) is 5.33. The first kappa shape index (κ1) is 28.0. The Morgan fingerprint density at radius 3 is 2.28 bits per heavy atom. The number of fused-ring (bicyclic) bond motifs is 2. The van der Waals surface area contributed by atoms with Crippen molar-refractivity contribution in [2.75, 3.05) is 13.7 Å². The summed E-state index contributed by atoms with van der Waals surface area (Å²) < 4.78 is 21.4. The largest absolute Gasteiger partial charge is 0.507 e. The molecule has 39 heavy (non-hydrogen) atoms. The molecule has 4 rings (SSSR count). The van der Waals surface area contributed by atoms with Crippen LogP contribution in [0.1, 0.15) is 44.3 Å². The first-order valence-corrected chi connectivity index (χ1v) is 11.8. The highest BCUT2D eigenvalue weighted by Gasteiger charge is 2.46. The molecule has 1 unspecified atom stereocenters. The molecule has 0 amide bonds. The summed E-state index contributed by atoms with van der Waals surface area (Å²) in [5.41, 5.74) is -0.0841. The van der Waals surface area contributed by atoms with E-state index in [-0.39, 0.29) is 33.8 Å². The molecular formula is C26H26O13. The van der Waals surface area contributed by atoms with Gasteiger partial charge in [-0.05, 0) is 37.6 Å². The standard InChI is InChI=1S/C26H26O13/c1-9-4-12-17(14(27)5-9)21(30)18-13(19(12)28)6-11(36-3)7-15(18)38-26-23(32)22(31)20(29)16(39-26)8-37-25(35)10(2)24(33)34/h4-7,10,16,20,22-23,26-27,29,31-32H,8H2,1-3H3,(H,33,34)/t10?,16-,20-,22+,23-,26-/m1/s1. The van der Waals surface area contributed by atoms with Gasteiger partial charge in [0.1, 0.15) is 48.3 Å². The molecule has 1 aliphatic heterocycles. The fourth-order valence-electron chi connectivity index (χ4n) is 4.34. The van der Waals surface area contributed by atoms with E-state index < -0.39 is 72.5 Å². The first-order chi connectivity index (χ1) is 18.3. The van der Waals surface area contributed by atoms with Gasteiger partial charge >= 0.3 is 11.9 Å². The van der Waals surface area contributed by atoms with E-state index in [1.807, 2.05) is 0 Å². The minimum atomic E-state index is -1.87. The molecule has 13 nitrogen and oxygen atoms in total. The molecule has 2 aromatic rings. The quantitative estimate of drug-likeness (QED) is 0.195. The van der Waals surface area contributed by atoms with Crippen molar-refractivity contribution in [2.45, 2.75) is 44.6 Å². The van der Waals surface area contributed by atoms with Gasteiger partial charge in [-0.3, -0.25) is 19.2 Å². The monoisotopic (exact) mass is 546 g/mol. The van der Waals surface area contributed by atoms with Gasteiger partial charge in [-0.2, -0.15) is 0 Å². The summed E-state index contributed by atoms with van der Waals surface area (Å²) in [5.74, 6) is -6.04. The Bertz CT molecular complexity index is 1350. The second-order valence-electron chi connectivity index (χ2n) is 9.24. The molecule has 1 heterocycles. The van der Waals surface area contributed by atoms with Crippen molar-refractivity contribution in [3.05, 3.63) is 52.1 Å². The number of carbonyl (C=O) groups excluding carboxylic acids is 3. The molecular weight excluding hydrogens is 520 g/mol. The Hall–Kier alpha value is -4.04. The fraction of sp³-hybridized carbons (Fsp3) is 0.385. The number of aliphatic hydroxyl groups is 3. The van der Waals surface area contributed by atoms with E-state index in [1.54, 1.807) is 6.92 Å². The number of carboxylic acid groups (broad SMARTS) is 1. The molecule has 1 fully saturated rings. The predicted octanol–water partition coefficient (Wildman–Crippen LogP) is -0.0651. The molecule has 208 valence electrons. The summed E-state index contributed by atoms with van der Waals surface area (Å²) in [5, 5.41) is 50.6. The van der Waals surface area contributed by atoms with Crippen molar-refractivity contribution in [1.82, 2.24) is 0 Å². The number of rotatable bonds is 7. The Morgan fingerprint density at radius 1 is 0.974 bits per heavy atom. The zero-order valence-corrected chi connectivity index (χ0v) is 21.0. The number of hydrogen-bond donors (Lipinski definition) is 5. The normalized spacial score (nSPS) is 24.8. The van der Waals surface area contributed by atoms with Gasteiger partial charge < -0.3 is 44.5 Å². The lowest BCUT2D eigenvalue weighted by Gasteiger charge is -2.40. The highest BCUT2D eigenvalue weighted by Crippen LogP contribution is 2.41. The van der Waals surface area contributed by atoms with Crippen molar-refractivity contribution in [2.24, 2.45) is 5.92 Å². The zero-order chi connectivity index (χ0) is 28.8. The van der Waals surface area contributed by atoms with E-state index in [4.69, 9.17) is 24.1 Å². The van der Waals surface area contributed by atoms with Crippen LogP contribution in [-0.4, -0.2) is 93.5 Å². The van der Waals surface area contributed by atoms with Crippen molar-refractivity contribution < 1.29 is 63.7 Å². The zero-order valence-electron chi connectivity index (χ0n) is 21.0. The lowest BCUT2D eigenvalue weighted by atomic mass is 9.82. The third-order valence-electron chi connectivity index (χ3n) is 6.54. The molecule has 1 saturated heterocycles. The van der Waals surface area contributed by atoms with Gasteiger partial charge in [-0.1, -0.05) is 0 Å². The van der Waals surface area contributed by atoms with E-state index in [2.05, 4.69) is 0 Å². The lowest BCUT2D eigenvalue weighted by Crippen LogP contribution is -2.60. The molecule has 1 aliphatic carbocycles. The van der Waals surface area contributed by atoms with Gasteiger partial charge in [0.25, 0.3) is 0 Å². The number of benzene rings is 2. The molecule has 6 atom stereocenters. The molecule has 0 aromatic heterocycles. The van der Waals surface area contributed by atoms with Gasteiger partial charge in [0, 0.05) is 17.2 Å². The number of aromatic hydroxyl groups is 1. The van der Waals surface area contributed by atoms with Crippen molar-refractivity contribution in [3.63, 3.8) is 0 Å². The minimum Gasteiger partial charge on any atom is -0.507 e. The number of aliphatic carboxylic acids is 1. The van der Waals surface area contributed by atoms with E-state index in [9.17, 15) is 39.6 Å². The van der Waals surface area contributed by atoms with Crippen LogP contribution in [0.5, 0.6) is 17.2 Å². The number of phenolic OH excluding ortho intramolecular Hbond substituents is 1. The lowest BCUT2D eigenvalue weighted by molar-refractivity contribution is -0.278. The Morgan fingerprint density at radius 2 is 1.64 bits per heavy atom. The number of methoxy groups -OCH3 is 1. The topological polar surface area (TPSA) is 206 Å². The van der Waals surface area contributed by atoms with Crippen molar-refractivity contribution >= 4 is 23.5 Å². The summed E-state index contributed by atoms with van der Waals surface area (Å²) in [6.07, 6.45) is -8.72. The van der Waals surface area contributed by atoms with Crippen molar-refractivity contribution in [1.29, 1.82) is 0 Å². The van der Waals surface area contributed by atoms with Crippen LogP contribution in [0.25, 0.3) is 0 Å². The molecule has 2 aliphatic rings. The molecule has 0 bridgehead atoms. The predicted molar refractivity (Wildman–Crippen MR) is 128 cm³/mol. The van der Waals surface area contributed by atoms with E-state index in [1.165, 1.54) is 31.4 Å². The van der Waals surface area contributed by atoms with Gasteiger partial charge in [0.15, 0.2) is 11.7 Å². The van der Waals surface area contributed by atoms with Gasteiger partial charge in [0.05, 0.1) is 18.2 Å². The van der Waals surface area contributed by atoms with E-state index in [0.29, 0.717) is 5.56 Å². The van der Waals surface area contributed by atoms with Crippen LogP contribution in [0.3, 0.4) is 0 Å². The fourth-order valence-corrected chi connectivity index (χ4v) is 4.34. The van der Waals surface area contributed by atoms with Crippen LogP contribution in [0, 0.1) is 12.8 Å². The molecule has 0 radical (unpaired) electrons. The van der Waals surface area contributed by atoms with Crippen LogP contribution in [-0.2, 0) is 19.1 Å². The second-order valence-corrected chi connectivity index (χ2v) is 9.24. The van der Waals surface area contributed by atoms with Crippen LogP contribution in [0.4, 0.5) is 0 Å². The number of carbonyl (C=O) groups is 4. The smallest absolute Gasteiger partial charge is 0.320 e. The van der Waals surface area contributed by atoms with Gasteiger partial charge in [-0.15, -0.1) is 0 Å². The maximum Gasteiger partial charge on any atom is 0.320 e. The van der Waals surface area contributed by atoms with Crippen LogP contribution in [0.2, 0.25) is 0 Å². The first-order valence-electron chi connectivity index (χ1n) is 11.8. The molecule has 2 aromatic carbocycles. The molecule has 0 saturated carbocycles. The molecule has 0 spiro atoms. The number of hydrogen-bond acceptors (Lipinski definition) is 12. The Kier molecular flexibility index (Phi) is 7.61. The number of esters is 1. The summed E-state index contributed by atoms with van der Waals surface area (Å²) in [7, 11) is 1.30. The van der Waals surface area contributed by atoms with Crippen molar-refractivity contribution in [3.8, 4) is 17.2 Å². The maximum atomic E-state index is 13.5. The highest BCUT2D eigenvalue weighted by atomic mass is 16.7. The number of aryl methyl sites for hydroxylation is 1. The van der Waals surface area contributed by atoms with Crippen LogP contribution >= 0.6 is 0 Å². The number of phenols is 1. The number of ketones is 2. The highest BCUT2D eigenvalue weighted by molar-refractivity contribution is 6.30. The maximum absolute atomic E-state index is 13.5. The van der Waals surface area contributed by atoms with E-state index >= 15 is 0 Å². The average molecular weight is 546 g/mol. The van der Waals surface area contributed by atoms with Gasteiger partial charge in [-0.25, -0.2) is 0 Å². The number of ether oxygens (including phenoxy) is 4. The third kappa shape index (κ3) is 5.04. The van der Waals surface area contributed by atoms with E-state index in [0.717, 1.165) is 6.92 Å². The second kappa shape index (κ2) is 10.6. The number of aliphatic hydroxyl groups excluding tert-OH is 3. The summed E-state index contributed by atoms with van der Waals surface area (Å²) in [4.78, 5) is 49.7. The Labute approximate surface area is 221 Å². The average Bonchev–Trinajstić information content (AvgIpc) is 2.89. The molecule has 13 heteroatoms. The number of carboxylic acids is 1. The van der Waals surface area contributed by atoms with Crippen LogP contribution < -0.4 is 9.47 Å². The summed E-state index contributed by atoms with van der Waals surface area (Å²) in [6.45, 7) is 2.04. The summed E-state index contributed by atoms with van der Waals surface area (Å²) >= 11 is 0. The minimum absolute atomic E-state index is 0.0193. The van der Waals surface area contributed by atoms with Crippen LogP contribution in [0.15, 0.2) is 24.3 Å².